The van der Waals surface area contributed by atoms with E-state index in [0.717, 1.165) is 12.0 Å². The molecule has 0 radical (unpaired) electrons. The van der Waals surface area contributed by atoms with Crippen LogP contribution in [0.4, 0.5) is 0 Å². The summed E-state index contributed by atoms with van der Waals surface area (Å²) in [5, 5.41) is 0.424. The zero-order valence-electron chi connectivity index (χ0n) is 14.0. The molecule has 5 nitrogen and oxygen atoms in total. The number of amides is 2. The van der Waals surface area contributed by atoms with Gasteiger partial charge in [-0.2, -0.15) is 0 Å². The standard InChI is InChI=1S/C19H21ClN2O3/c1-2-14-7-9-15(10-8-14)11-12-18(23)21-22-19(24)13-25-17-6-4-3-5-16(17)20/h3-10H,2,11-13H2,1H3,(H,21,23)(H,22,24). The lowest BCUT2D eigenvalue weighted by atomic mass is 10.1. The van der Waals surface area contributed by atoms with E-state index in [0.29, 0.717) is 17.2 Å². The number of ether oxygens (including phenoxy) is 1. The Labute approximate surface area is 152 Å². The van der Waals surface area contributed by atoms with Gasteiger partial charge in [0.1, 0.15) is 5.75 Å². The first kappa shape index (κ1) is 18.8. The number of halogens is 1. The van der Waals surface area contributed by atoms with Gasteiger partial charge in [-0.15, -0.1) is 0 Å². The molecule has 0 spiro atoms. The molecule has 0 atom stereocenters. The maximum absolute atomic E-state index is 11.8. The van der Waals surface area contributed by atoms with Gasteiger partial charge in [0.25, 0.3) is 5.91 Å². The molecule has 2 rings (SSSR count). The molecular weight excluding hydrogens is 340 g/mol. The van der Waals surface area contributed by atoms with Crippen LogP contribution >= 0.6 is 11.6 Å². The van der Waals surface area contributed by atoms with Crippen molar-refractivity contribution in [2.45, 2.75) is 26.2 Å². The van der Waals surface area contributed by atoms with Crippen molar-refractivity contribution in [2.24, 2.45) is 0 Å². The third kappa shape index (κ3) is 6.47. The predicted octanol–water partition coefficient (Wildman–Crippen LogP) is 3.06. The third-order valence-electron chi connectivity index (χ3n) is 3.61. The second-order valence-corrected chi connectivity index (χ2v) is 5.89. The molecule has 0 aliphatic carbocycles. The van der Waals surface area contributed by atoms with Crippen molar-refractivity contribution in [1.29, 1.82) is 0 Å². The smallest absolute Gasteiger partial charge is 0.276 e. The van der Waals surface area contributed by atoms with E-state index >= 15 is 0 Å². The second kappa shape index (κ2) is 9.69. The summed E-state index contributed by atoms with van der Waals surface area (Å²) in [6, 6.07) is 15.0. The SMILES string of the molecule is CCc1ccc(CCC(=O)NNC(=O)COc2ccccc2Cl)cc1. The molecule has 0 fully saturated rings. The quantitative estimate of drug-likeness (QED) is 0.746. The largest absolute Gasteiger partial charge is 0.482 e. The van der Waals surface area contributed by atoms with Crippen LogP contribution in [0.25, 0.3) is 0 Å². The van der Waals surface area contributed by atoms with Crippen molar-refractivity contribution in [3.05, 3.63) is 64.7 Å². The summed E-state index contributed by atoms with van der Waals surface area (Å²) in [5.74, 6) is -0.299. The summed E-state index contributed by atoms with van der Waals surface area (Å²) in [5.41, 5.74) is 7.04. The van der Waals surface area contributed by atoms with Crippen LogP contribution in [0.2, 0.25) is 5.02 Å². The number of hydrogen-bond acceptors (Lipinski definition) is 3. The molecule has 0 heterocycles. The summed E-state index contributed by atoms with van der Waals surface area (Å²) in [6.07, 6.45) is 1.89. The number of carbonyl (C=O) groups is 2. The van der Waals surface area contributed by atoms with Crippen molar-refractivity contribution in [3.8, 4) is 5.75 Å². The molecule has 0 unspecified atom stereocenters. The average Bonchev–Trinajstić information content (AvgIpc) is 2.64. The zero-order chi connectivity index (χ0) is 18.1. The van der Waals surface area contributed by atoms with E-state index in [1.807, 2.05) is 12.1 Å². The van der Waals surface area contributed by atoms with Gasteiger partial charge >= 0.3 is 0 Å². The topological polar surface area (TPSA) is 67.4 Å². The summed E-state index contributed by atoms with van der Waals surface area (Å²) in [4.78, 5) is 23.5. The Morgan fingerprint density at radius 2 is 1.60 bits per heavy atom. The number of rotatable bonds is 7. The number of aryl methyl sites for hydroxylation is 2. The minimum Gasteiger partial charge on any atom is -0.482 e. The molecule has 0 bridgehead atoms. The van der Waals surface area contributed by atoms with E-state index in [1.54, 1.807) is 24.3 Å². The summed E-state index contributed by atoms with van der Waals surface area (Å²) in [7, 11) is 0. The molecule has 6 heteroatoms. The normalized spacial score (nSPS) is 10.2. The number of benzene rings is 2. The monoisotopic (exact) mass is 360 g/mol. The minimum absolute atomic E-state index is 0.234. The van der Waals surface area contributed by atoms with Gasteiger partial charge in [-0.25, -0.2) is 0 Å². The van der Waals surface area contributed by atoms with Gasteiger partial charge in [0, 0.05) is 6.42 Å². The molecular formula is C19H21ClN2O3. The van der Waals surface area contributed by atoms with Crippen molar-refractivity contribution >= 4 is 23.4 Å². The first-order chi connectivity index (χ1) is 12.1. The van der Waals surface area contributed by atoms with E-state index in [9.17, 15) is 9.59 Å². The van der Waals surface area contributed by atoms with Crippen LogP contribution in [0.5, 0.6) is 5.75 Å². The van der Waals surface area contributed by atoms with E-state index in [1.165, 1.54) is 5.56 Å². The van der Waals surface area contributed by atoms with Gasteiger partial charge in [-0.1, -0.05) is 54.9 Å². The Morgan fingerprint density at radius 1 is 0.960 bits per heavy atom. The predicted molar refractivity (Wildman–Crippen MR) is 97.4 cm³/mol. The van der Waals surface area contributed by atoms with Gasteiger partial charge in [0.05, 0.1) is 5.02 Å². The number of carbonyl (C=O) groups excluding carboxylic acids is 2. The summed E-state index contributed by atoms with van der Waals surface area (Å²) >= 11 is 5.93. The van der Waals surface area contributed by atoms with Crippen LogP contribution in [0.3, 0.4) is 0 Å². The van der Waals surface area contributed by atoms with E-state index in [2.05, 4.69) is 29.9 Å². The van der Waals surface area contributed by atoms with E-state index < -0.39 is 5.91 Å². The molecule has 0 aromatic heterocycles. The highest BCUT2D eigenvalue weighted by molar-refractivity contribution is 6.32. The van der Waals surface area contributed by atoms with Crippen LogP contribution in [-0.4, -0.2) is 18.4 Å². The molecule has 2 aromatic carbocycles. The highest BCUT2D eigenvalue weighted by atomic mass is 35.5. The van der Waals surface area contributed by atoms with Gasteiger partial charge in [0.2, 0.25) is 5.91 Å². The summed E-state index contributed by atoms with van der Waals surface area (Å²) < 4.78 is 5.29. The Morgan fingerprint density at radius 3 is 2.28 bits per heavy atom. The Balaban J connectivity index is 1.66. The number of para-hydroxylation sites is 1. The van der Waals surface area contributed by atoms with Crippen LogP contribution < -0.4 is 15.6 Å². The van der Waals surface area contributed by atoms with Crippen molar-refractivity contribution in [3.63, 3.8) is 0 Å². The Kier molecular flexibility index (Phi) is 7.29. The van der Waals surface area contributed by atoms with Crippen molar-refractivity contribution < 1.29 is 14.3 Å². The average molecular weight is 361 g/mol. The molecule has 25 heavy (non-hydrogen) atoms. The van der Waals surface area contributed by atoms with Crippen LogP contribution in [0, 0.1) is 0 Å². The van der Waals surface area contributed by atoms with Gasteiger partial charge in [0.15, 0.2) is 6.61 Å². The Bertz CT molecular complexity index is 717. The van der Waals surface area contributed by atoms with Crippen molar-refractivity contribution in [2.75, 3.05) is 6.61 Å². The lowest BCUT2D eigenvalue weighted by Crippen LogP contribution is -2.43. The first-order valence-electron chi connectivity index (χ1n) is 8.11. The zero-order valence-corrected chi connectivity index (χ0v) is 14.8. The highest BCUT2D eigenvalue weighted by Crippen LogP contribution is 2.22. The first-order valence-corrected chi connectivity index (χ1v) is 8.49. The lowest BCUT2D eigenvalue weighted by Gasteiger charge is -2.09. The molecule has 132 valence electrons. The molecule has 2 amide bonds. The fraction of sp³-hybridized carbons (Fsp3) is 0.263. The molecule has 0 saturated heterocycles. The van der Waals surface area contributed by atoms with Crippen molar-refractivity contribution in [1.82, 2.24) is 10.9 Å². The molecule has 2 N–H and O–H groups in total. The van der Waals surface area contributed by atoms with Gasteiger partial charge in [-0.05, 0) is 36.1 Å². The maximum Gasteiger partial charge on any atom is 0.276 e. The minimum atomic E-state index is -0.458. The lowest BCUT2D eigenvalue weighted by molar-refractivity contribution is -0.130. The van der Waals surface area contributed by atoms with Gasteiger partial charge < -0.3 is 4.74 Å². The Hall–Kier alpha value is -2.53. The molecule has 0 aliphatic heterocycles. The third-order valence-corrected chi connectivity index (χ3v) is 3.92. The number of nitrogens with one attached hydrogen (secondary N) is 2. The molecule has 0 saturated carbocycles. The van der Waals surface area contributed by atoms with E-state index in [-0.39, 0.29) is 18.9 Å². The molecule has 0 aliphatic rings. The van der Waals surface area contributed by atoms with Crippen LogP contribution in [0.1, 0.15) is 24.5 Å². The number of hydrogen-bond donors (Lipinski definition) is 2. The second-order valence-electron chi connectivity index (χ2n) is 5.49. The highest BCUT2D eigenvalue weighted by Gasteiger charge is 2.07. The molecule has 2 aromatic rings. The van der Waals surface area contributed by atoms with Crippen LogP contribution in [-0.2, 0) is 22.4 Å². The fourth-order valence-electron chi connectivity index (χ4n) is 2.14. The summed E-state index contributed by atoms with van der Waals surface area (Å²) in [6.45, 7) is 1.86. The van der Waals surface area contributed by atoms with E-state index in [4.69, 9.17) is 16.3 Å². The number of hydrazine groups is 1. The fourth-order valence-corrected chi connectivity index (χ4v) is 2.33. The van der Waals surface area contributed by atoms with Crippen LogP contribution in [0.15, 0.2) is 48.5 Å². The van der Waals surface area contributed by atoms with Gasteiger partial charge in [-0.3, -0.25) is 20.4 Å². The maximum atomic E-state index is 11.8.